The summed E-state index contributed by atoms with van der Waals surface area (Å²) in [6, 6.07) is 4.12. The second kappa shape index (κ2) is 3.85. The number of aromatic nitrogens is 2. The van der Waals surface area contributed by atoms with Gasteiger partial charge in [0.15, 0.2) is 9.84 Å². The highest BCUT2D eigenvalue weighted by atomic mass is 32.2. The second-order valence-electron chi connectivity index (χ2n) is 3.59. The van der Waals surface area contributed by atoms with Gasteiger partial charge in [-0.2, -0.15) is 5.10 Å². The van der Waals surface area contributed by atoms with Gasteiger partial charge in [0.2, 0.25) is 0 Å². The number of anilines is 1. The summed E-state index contributed by atoms with van der Waals surface area (Å²) in [5.74, 6) is -0.627. The van der Waals surface area contributed by atoms with Crippen LogP contribution >= 0.6 is 0 Å². The first-order valence-corrected chi connectivity index (χ1v) is 6.58. The minimum Gasteiger partial charge on any atom is -0.384 e. The summed E-state index contributed by atoms with van der Waals surface area (Å²) in [6.07, 6.45) is 2.30. The summed E-state index contributed by atoms with van der Waals surface area (Å²) >= 11 is 0. The minimum absolute atomic E-state index is 0.110. The van der Waals surface area contributed by atoms with Gasteiger partial charge >= 0.3 is 0 Å². The van der Waals surface area contributed by atoms with Gasteiger partial charge in [0, 0.05) is 17.4 Å². The average Bonchev–Trinajstić information content (AvgIpc) is 2.63. The van der Waals surface area contributed by atoms with Crippen LogP contribution in [0, 0.1) is 5.82 Å². The van der Waals surface area contributed by atoms with E-state index in [1.165, 1.54) is 24.4 Å². The number of sulfone groups is 1. The Kier molecular flexibility index (Phi) is 2.62. The maximum Gasteiger partial charge on any atom is 0.178 e. The SMILES string of the molecule is CS(=O)(=O)c1cccc(-c2cn[nH]c2N)c1F. The standard InChI is InChI=1S/C10H10FN3O2S/c1-17(15,16)8-4-2-3-6(9(8)11)7-5-13-14-10(7)12/h2-5H,1H3,(H3,12,13,14). The molecule has 0 atom stereocenters. The van der Waals surface area contributed by atoms with Crippen molar-refractivity contribution in [1.82, 2.24) is 10.2 Å². The van der Waals surface area contributed by atoms with Crippen LogP contribution in [0.5, 0.6) is 0 Å². The minimum atomic E-state index is -3.61. The van der Waals surface area contributed by atoms with Crippen LogP contribution in [-0.4, -0.2) is 24.9 Å². The van der Waals surface area contributed by atoms with Crippen molar-refractivity contribution < 1.29 is 12.8 Å². The molecule has 2 aromatic rings. The third kappa shape index (κ3) is 2.01. The molecular formula is C10H10FN3O2S. The van der Waals surface area contributed by atoms with Gasteiger partial charge in [0.1, 0.15) is 16.5 Å². The molecule has 5 nitrogen and oxygen atoms in total. The molecule has 0 aliphatic heterocycles. The first-order chi connectivity index (χ1) is 7.91. The molecule has 2 rings (SSSR count). The van der Waals surface area contributed by atoms with Gasteiger partial charge in [-0.3, -0.25) is 5.10 Å². The first-order valence-electron chi connectivity index (χ1n) is 4.69. The number of nitrogens with two attached hydrogens (primary N) is 1. The second-order valence-corrected chi connectivity index (χ2v) is 5.57. The van der Waals surface area contributed by atoms with Crippen molar-refractivity contribution in [2.75, 3.05) is 12.0 Å². The van der Waals surface area contributed by atoms with Gasteiger partial charge in [-0.15, -0.1) is 0 Å². The predicted molar refractivity (Wildman–Crippen MR) is 61.5 cm³/mol. The number of aromatic amines is 1. The van der Waals surface area contributed by atoms with E-state index in [0.717, 1.165) is 6.26 Å². The van der Waals surface area contributed by atoms with Gasteiger partial charge in [-0.25, -0.2) is 12.8 Å². The molecule has 1 aromatic carbocycles. The highest BCUT2D eigenvalue weighted by Crippen LogP contribution is 2.29. The zero-order valence-corrected chi connectivity index (χ0v) is 9.75. The monoisotopic (exact) mass is 255 g/mol. The molecule has 0 fully saturated rings. The molecule has 17 heavy (non-hydrogen) atoms. The number of hydrogen-bond acceptors (Lipinski definition) is 4. The third-order valence-corrected chi connectivity index (χ3v) is 3.44. The molecule has 0 bridgehead atoms. The largest absolute Gasteiger partial charge is 0.384 e. The van der Waals surface area contributed by atoms with Gasteiger partial charge in [0.05, 0.1) is 6.20 Å². The van der Waals surface area contributed by atoms with Crippen LogP contribution < -0.4 is 5.73 Å². The molecule has 0 amide bonds. The lowest BCUT2D eigenvalue weighted by Gasteiger charge is -2.05. The number of nitrogens with one attached hydrogen (secondary N) is 1. The Labute approximate surface area is 97.4 Å². The number of rotatable bonds is 2. The fourth-order valence-electron chi connectivity index (χ4n) is 1.52. The van der Waals surface area contributed by atoms with Crippen molar-refractivity contribution in [2.45, 2.75) is 4.90 Å². The Balaban J connectivity index is 2.71. The molecule has 0 saturated heterocycles. The molecule has 90 valence electrons. The Morgan fingerprint density at radius 1 is 1.35 bits per heavy atom. The van der Waals surface area contributed by atoms with E-state index in [9.17, 15) is 12.8 Å². The van der Waals surface area contributed by atoms with Crippen molar-refractivity contribution in [1.29, 1.82) is 0 Å². The molecular weight excluding hydrogens is 245 g/mol. The third-order valence-electron chi connectivity index (χ3n) is 2.32. The van der Waals surface area contributed by atoms with Crippen molar-refractivity contribution in [2.24, 2.45) is 0 Å². The van der Waals surface area contributed by atoms with E-state index in [1.54, 1.807) is 0 Å². The molecule has 7 heteroatoms. The average molecular weight is 255 g/mol. The van der Waals surface area contributed by atoms with Crippen molar-refractivity contribution in [3.63, 3.8) is 0 Å². The Hall–Kier alpha value is -1.89. The predicted octanol–water partition coefficient (Wildman–Crippen LogP) is 1.20. The van der Waals surface area contributed by atoms with Crippen molar-refractivity contribution in [3.05, 3.63) is 30.2 Å². The van der Waals surface area contributed by atoms with Crippen LogP contribution in [0.4, 0.5) is 10.2 Å². The molecule has 0 saturated carbocycles. The Bertz CT molecular complexity index is 664. The summed E-state index contributed by atoms with van der Waals surface area (Å²) in [6.45, 7) is 0. The van der Waals surface area contributed by atoms with E-state index >= 15 is 0 Å². The highest BCUT2D eigenvalue weighted by molar-refractivity contribution is 7.90. The van der Waals surface area contributed by atoms with Gasteiger partial charge in [-0.05, 0) is 6.07 Å². The van der Waals surface area contributed by atoms with Gasteiger partial charge in [0.25, 0.3) is 0 Å². The lowest BCUT2D eigenvalue weighted by molar-refractivity contribution is 0.572. The maximum absolute atomic E-state index is 14.0. The zero-order chi connectivity index (χ0) is 12.6. The molecule has 1 heterocycles. The van der Waals surface area contributed by atoms with Crippen LogP contribution in [-0.2, 0) is 9.84 Å². The van der Waals surface area contributed by atoms with Gasteiger partial charge in [-0.1, -0.05) is 12.1 Å². The molecule has 0 unspecified atom stereocenters. The summed E-state index contributed by atoms with van der Waals surface area (Å²) in [7, 11) is -3.61. The van der Waals surface area contributed by atoms with Crippen LogP contribution in [0.2, 0.25) is 0 Å². The number of nitrogens with zero attached hydrogens (tertiary/aromatic N) is 1. The molecule has 0 aliphatic rings. The molecule has 0 aliphatic carbocycles. The number of benzene rings is 1. The summed E-state index contributed by atoms with van der Waals surface area (Å²) in [5.41, 5.74) is 6.02. The number of hydrogen-bond donors (Lipinski definition) is 2. The molecule has 0 spiro atoms. The van der Waals surface area contributed by atoms with Crippen LogP contribution in [0.3, 0.4) is 0 Å². The van der Waals surface area contributed by atoms with Crippen LogP contribution in [0.15, 0.2) is 29.3 Å². The fourth-order valence-corrected chi connectivity index (χ4v) is 2.28. The smallest absolute Gasteiger partial charge is 0.178 e. The molecule has 1 aromatic heterocycles. The normalized spacial score (nSPS) is 11.6. The summed E-state index contributed by atoms with van der Waals surface area (Å²) in [5, 5.41) is 6.13. The van der Waals surface area contributed by atoms with E-state index < -0.39 is 15.7 Å². The molecule has 0 radical (unpaired) electrons. The van der Waals surface area contributed by atoms with E-state index in [-0.39, 0.29) is 16.3 Å². The Morgan fingerprint density at radius 2 is 2.06 bits per heavy atom. The number of nitrogen functional groups attached to an aromatic ring is 1. The maximum atomic E-state index is 14.0. The zero-order valence-electron chi connectivity index (χ0n) is 8.94. The van der Waals surface area contributed by atoms with E-state index in [0.29, 0.717) is 5.56 Å². The van der Waals surface area contributed by atoms with E-state index in [2.05, 4.69) is 10.2 Å². The number of halogens is 1. The lowest BCUT2D eigenvalue weighted by Crippen LogP contribution is -2.02. The van der Waals surface area contributed by atoms with Crippen LogP contribution in [0.25, 0.3) is 11.1 Å². The summed E-state index contributed by atoms with van der Waals surface area (Å²) < 4.78 is 36.8. The van der Waals surface area contributed by atoms with Gasteiger partial charge < -0.3 is 5.73 Å². The van der Waals surface area contributed by atoms with Crippen molar-refractivity contribution in [3.8, 4) is 11.1 Å². The first kappa shape index (κ1) is 11.6. The summed E-state index contributed by atoms with van der Waals surface area (Å²) in [4.78, 5) is -0.351. The van der Waals surface area contributed by atoms with Crippen LogP contribution in [0.1, 0.15) is 0 Å². The topological polar surface area (TPSA) is 88.8 Å². The van der Waals surface area contributed by atoms with E-state index in [1.807, 2.05) is 0 Å². The quantitative estimate of drug-likeness (QED) is 0.843. The number of H-pyrrole nitrogens is 1. The fraction of sp³-hybridized carbons (Fsp3) is 0.100. The Morgan fingerprint density at radius 3 is 2.59 bits per heavy atom. The van der Waals surface area contributed by atoms with E-state index in [4.69, 9.17) is 5.73 Å². The highest BCUT2D eigenvalue weighted by Gasteiger charge is 2.19. The van der Waals surface area contributed by atoms with Crippen molar-refractivity contribution >= 4 is 15.7 Å². The lowest BCUT2D eigenvalue weighted by atomic mass is 10.1. The molecule has 3 N–H and O–H groups in total.